The summed E-state index contributed by atoms with van der Waals surface area (Å²) in [4.78, 5) is 21.5. The molecule has 0 saturated carbocycles. The van der Waals surface area contributed by atoms with E-state index >= 15 is 0 Å². The van der Waals surface area contributed by atoms with E-state index in [1.165, 1.54) is 11.1 Å². The number of anilines is 2. The Balaban J connectivity index is 2.23. The van der Waals surface area contributed by atoms with Crippen LogP contribution in [0.2, 0.25) is 0 Å². The van der Waals surface area contributed by atoms with E-state index in [0.717, 1.165) is 0 Å². The van der Waals surface area contributed by atoms with Gasteiger partial charge in [-0.1, -0.05) is 6.07 Å². The zero-order valence-corrected chi connectivity index (χ0v) is 9.37. The molecule has 5 nitrogen and oxygen atoms in total. The van der Waals surface area contributed by atoms with Gasteiger partial charge in [0.25, 0.3) is 5.91 Å². The molecule has 2 heterocycles. The van der Waals surface area contributed by atoms with Crippen LogP contribution in [0.25, 0.3) is 0 Å². The highest BCUT2D eigenvalue weighted by molar-refractivity contribution is 6.05. The summed E-state index contributed by atoms with van der Waals surface area (Å²) in [5.41, 5.74) is 5.94. The van der Waals surface area contributed by atoms with Crippen molar-refractivity contribution in [1.29, 1.82) is 0 Å². The first-order valence-electron chi connectivity index (χ1n) is 5.09. The molecule has 0 fully saturated rings. The Bertz CT molecular complexity index is 510. The third-order valence-corrected chi connectivity index (χ3v) is 2.33. The Morgan fingerprint density at radius 2 is 2.06 bits per heavy atom. The summed E-state index contributed by atoms with van der Waals surface area (Å²) < 4.78 is 0. The van der Waals surface area contributed by atoms with Crippen LogP contribution >= 0.6 is 0 Å². The van der Waals surface area contributed by atoms with E-state index in [0.29, 0.717) is 17.2 Å². The molecule has 0 bridgehead atoms. The number of nitrogens with two attached hydrogens (primary N) is 1. The molecule has 5 heteroatoms. The largest absolute Gasteiger partial charge is 0.384 e. The predicted molar refractivity (Wildman–Crippen MR) is 65.6 cm³/mol. The van der Waals surface area contributed by atoms with Gasteiger partial charge in [-0.2, -0.15) is 0 Å². The Morgan fingerprint density at radius 1 is 1.24 bits per heavy atom. The number of nitrogen functional groups attached to an aromatic ring is 1. The summed E-state index contributed by atoms with van der Waals surface area (Å²) in [6.07, 6.45) is 3.09. The van der Waals surface area contributed by atoms with Crippen molar-refractivity contribution in [1.82, 2.24) is 9.97 Å². The fourth-order valence-corrected chi connectivity index (χ4v) is 1.38. The highest BCUT2D eigenvalue weighted by atomic mass is 16.2. The maximum atomic E-state index is 12.1. The molecule has 2 aromatic heterocycles. The minimum absolute atomic E-state index is 0.170. The molecule has 86 valence electrons. The molecule has 0 aliphatic heterocycles. The van der Waals surface area contributed by atoms with Crippen LogP contribution in [0.5, 0.6) is 0 Å². The van der Waals surface area contributed by atoms with Crippen LogP contribution in [0.1, 0.15) is 10.4 Å². The van der Waals surface area contributed by atoms with Crippen LogP contribution in [0.15, 0.2) is 42.7 Å². The molecular weight excluding hydrogens is 216 g/mol. The summed E-state index contributed by atoms with van der Waals surface area (Å²) in [5.74, 6) is 0.813. The maximum absolute atomic E-state index is 12.1. The van der Waals surface area contributed by atoms with Crippen molar-refractivity contribution in [2.75, 3.05) is 17.7 Å². The maximum Gasteiger partial charge on any atom is 0.260 e. The molecule has 0 unspecified atom stereocenters. The first kappa shape index (κ1) is 11.1. The minimum atomic E-state index is -0.170. The van der Waals surface area contributed by atoms with Crippen molar-refractivity contribution in [3.63, 3.8) is 0 Å². The molecule has 2 aromatic rings. The van der Waals surface area contributed by atoms with E-state index in [-0.39, 0.29) is 5.91 Å². The molecule has 1 amide bonds. The molecule has 0 aliphatic carbocycles. The molecule has 0 aromatic carbocycles. The van der Waals surface area contributed by atoms with Crippen molar-refractivity contribution in [3.05, 3.63) is 48.3 Å². The van der Waals surface area contributed by atoms with E-state index < -0.39 is 0 Å². The van der Waals surface area contributed by atoms with E-state index in [2.05, 4.69) is 9.97 Å². The highest BCUT2D eigenvalue weighted by Crippen LogP contribution is 2.11. The number of carbonyl (C=O) groups excluding carboxylic acids is 1. The number of rotatable bonds is 2. The monoisotopic (exact) mass is 228 g/mol. The molecule has 17 heavy (non-hydrogen) atoms. The number of amides is 1. The number of aromatic nitrogens is 2. The quantitative estimate of drug-likeness (QED) is 0.841. The Kier molecular flexibility index (Phi) is 3.00. The van der Waals surface area contributed by atoms with Gasteiger partial charge in [-0.25, -0.2) is 9.97 Å². The van der Waals surface area contributed by atoms with Gasteiger partial charge < -0.3 is 5.73 Å². The lowest BCUT2D eigenvalue weighted by atomic mass is 10.2. The normalized spacial score (nSPS) is 9.94. The molecule has 0 spiro atoms. The standard InChI is InChI=1S/C12H12N4O/c1-16(11-4-2-3-7-14-11)12(17)9-5-6-10(13)15-8-9/h2-8H,1H3,(H2,13,15). The van der Waals surface area contributed by atoms with E-state index in [1.54, 1.807) is 37.5 Å². The molecule has 0 aliphatic rings. The summed E-state index contributed by atoms with van der Waals surface area (Å²) in [6, 6.07) is 8.63. The zero-order chi connectivity index (χ0) is 12.3. The van der Waals surface area contributed by atoms with Gasteiger partial charge in [0.05, 0.1) is 5.56 Å². The molecule has 0 atom stereocenters. The van der Waals surface area contributed by atoms with E-state index in [1.807, 2.05) is 6.07 Å². The number of pyridine rings is 2. The van der Waals surface area contributed by atoms with Crippen LogP contribution < -0.4 is 10.6 Å². The molecule has 0 saturated heterocycles. The highest BCUT2D eigenvalue weighted by Gasteiger charge is 2.14. The minimum Gasteiger partial charge on any atom is -0.384 e. The Morgan fingerprint density at radius 3 is 2.65 bits per heavy atom. The third kappa shape index (κ3) is 2.39. The third-order valence-electron chi connectivity index (χ3n) is 2.33. The number of carbonyl (C=O) groups is 1. The van der Waals surface area contributed by atoms with Gasteiger partial charge in [0.2, 0.25) is 0 Å². The van der Waals surface area contributed by atoms with Gasteiger partial charge in [0, 0.05) is 19.4 Å². The zero-order valence-electron chi connectivity index (χ0n) is 9.37. The lowest BCUT2D eigenvalue weighted by Crippen LogP contribution is -2.27. The van der Waals surface area contributed by atoms with Crippen LogP contribution in [-0.4, -0.2) is 22.9 Å². The van der Waals surface area contributed by atoms with E-state index in [9.17, 15) is 4.79 Å². The second-order valence-electron chi connectivity index (χ2n) is 3.52. The van der Waals surface area contributed by atoms with Gasteiger partial charge in [-0.15, -0.1) is 0 Å². The Labute approximate surface area is 98.9 Å². The van der Waals surface area contributed by atoms with Crippen molar-refractivity contribution < 1.29 is 4.79 Å². The lowest BCUT2D eigenvalue weighted by Gasteiger charge is -2.15. The number of hydrogen-bond acceptors (Lipinski definition) is 4. The van der Waals surface area contributed by atoms with Gasteiger partial charge in [-0.05, 0) is 24.3 Å². The summed E-state index contributed by atoms with van der Waals surface area (Å²) >= 11 is 0. The summed E-state index contributed by atoms with van der Waals surface area (Å²) in [6.45, 7) is 0. The van der Waals surface area contributed by atoms with Crippen LogP contribution in [0.4, 0.5) is 11.6 Å². The molecular formula is C12H12N4O. The summed E-state index contributed by atoms with van der Waals surface area (Å²) in [5, 5.41) is 0. The van der Waals surface area contributed by atoms with E-state index in [4.69, 9.17) is 5.73 Å². The van der Waals surface area contributed by atoms with Crippen molar-refractivity contribution in [2.24, 2.45) is 0 Å². The van der Waals surface area contributed by atoms with Crippen LogP contribution in [0.3, 0.4) is 0 Å². The second kappa shape index (κ2) is 4.61. The first-order chi connectivity index (χ1) is 8.18. The summed E-state index contributed by atoms with van der Waals surface area (Å²) in [7, 11) is 1.67. The van der Waals surface area contributed by atoms with Gasteiger partial charge in [0.1, 0.15) is 11.6 Å². The fraction of sp³-hybridized carbons (Fsp3) is 0.0833. The smallest absolute Gasteiger partial charge is 0.260 e. The van der Waals surface area contributed by atoms with Crippen LogP contribution in [-0.2, 0) is 0 Å². The average Bonchev–Trinajstić information content (AvgIpc) is 2.39. The van der Waals surface area contributed by atoms with Crippen molar-refractivity contribution in [2.45, 2.75) is 0 Å². The fourth-order valence-electron chi connectivity index (χ4n) is 1.38. The predicted octanol–water partition coefficient (Wildman–Crippen LogP) is 1.34. The van der Waals surface area contributed by atoms with Gasteiger partial charge >= 0.3 is 0 Å². The van der Waals surface area contributed by atoms with Gasteiger partial charge in [-0.3, -0.25) is 9.69 Å². The Hall–Kier alpha value is -2.43. The topological polar surface area (TPSA) is 72.1 Å². The van der Waals surface area contributed by atoms with Gasteiger partial charge in [0.15, 0.2) is 0 Å². The molecule has 2 rings (SSSR count). The second-order valence-corrected chi connectivity index (χ2v) is 3.52. The molecule has 0 radical (unpaired) electrons. The molecule has 2 N–H and O–H groups in total. The SMILES string of the molecule is CN(C(=O)c1ccc(N)nc1)c1ccccn1. The number of hydrogen-bond donors (Lipinski definition) is 1. The van der Waals surface area contributed by atoms with Crippen LogP contribution in [0, 0.1) is 0 Å². The first-order valence-corrected chi connectivity index (χ1v) is 5.09. The van der Waals surface area contributed by atoms with Crippen molar-refractivity contribution >= 4 is 17.5 Å². The number of nitrogens with zero attached hydrogens (tertiary/aromatic N) is 3. The average molecular weight is 228 g/mol. The lowest BCUT2D eigenvalue weighted by molar-refractivity contribution is 0.0992. The van der Waals surface area contributed by atoms with Crippen molar-refractivity contribution in [3.8, 4) is 0 Å².